The lowest BCUT2D eigenvalue weighted by Gasteiger charge is -2.16. The molecule has 0 aliphatic rings. The van der Waals surface area contributed by atoms with Gasteiger partial charge in [0, 0.05) is 19.7 Å². The number of nitrogens with one attached hydrogen (secondary N) is 1. The molecule has 3 N–H and O–H groups in total. The molecule has 0 radical (unpaired) electrons. The molecule has 0 spiro atoms. The van der Waals surface area contributed by atoms with Gasteiger partial charge in [-0.25, -0.2) is 4.79 Å². The van der Waals surface area contributed by atoms with E-state index in [4.69, 9.17) is 15.2 Å². The van der Waals surface area contributed by atoms with Crippen LogP contribution in [-0.4, -0.2) is 38.5 Å². The van der Waals surface area contributed by atoms with Gasteiger partial charge in [-0.05, 0) is 12.8 Å². The maximum absolute atomic E-state index is 11.5. The lowest BCUT2D eigenvalue weighted by molar-refractivity contribution is 0.0232. The maximum Gasteiger partial charge on any atom is 0.407 e. The summed E-state index contributed by atoms with van der Waals surface area (Å²) >= 11 is 0. The molecule has 0 saturated heterocycles. The van der Waals surface area contributed by atoms with Crippen molar-refractivity contribution in [2.24, 2.45) is 5.73 Å². The number of carbonyl (C=O) groups is 1. The first-order valence-corrected chi connectivity index (χ1v) is 7.96. The van der Waals surface area contributed by atoms with E-state index in [1.807, 2.05) is 0 Å². The van der Waals surface area contributed by atoms with Gasteiger partial charge in [-0.15, -0.1) is 0 Å². The number of unbranched alkanes of at least 4 members (excludes halogenated alkanes) is 5. The fraction of sp³-hybridized carbons (Fsp3) is 0.933. The van der Waals surface area contributed by atoms with Crippen LogP contribution in [0.2, 0.25) is 0 Å². The van der Waals surface area contributed by atoms with E-state index < -0.39 is 6.09 Å². The number of rotatable bonds is 13. The molecule has 0 heterocycles. The highest BCUT2D eigenvalue weighted by Crippen LogP contribution is 2.01. The molecule has 20 heavy (non-hydrogen) atoms. The largest absolute Gasteiger partial charge is 0.442 e. The Kier molecular flexibility index (Phi) is 14.0. The average molecular weight is 288 g/mol. The zero-order chi connectivity index (χ0) is 15.1. The third-order valence-corrected chi connectivity index (χ3v) is 3.03. The quantitative estimate of drug-likeness (QED) is 0.511. The number of amides is 1. The number of ether oxygens (including phenoxy) is 2. The Morgan fingerprint density at radius 1 is 1.10 bits per heavy atom. The van der Waals surface area contributed by atoms with Gasteiger partial charge < -0.3 is 20.5 Å². The summed E-state index contributed by atoms with van der Waals surface area (Å²) in [6.45, 7) is 6.31. The molecule has 1 unspecified atom stereocenters. The summed E-state index contributed by atoms with van der Waals surface area (Å²) in [5, 5.41) is 2.75. The van der Waals surface area contributed by atoms with E-state index in [0.717, 1.165) is 25.7 Å². The third-order valence-electron chi connectivity index (χ3n) is 3.03. The van der Waals surface area contributed by atoms with Crippen LogP contribution in [0.15, 0.2) is 0 Å². The molecule has 1 atom stereocenters. The molecule has 5 heteroatoms. The highest BCUT2D eigenvalue weighted by Gasteiger charge is 2.12. The molecule has 0 fully saturated rings. The Morgan fingerprint density at radius 2 is 1.80 bits per heavy atom. The van der Waals surface area contributed by atoms with Crippen molar-refractivity contribution in [1.29, 1.82) is 0 Å². The van der Waals surface area contributed by atoms with Crippen molar-refractivity contribution in [3.63, 3.8) is 0 Å². The van der Waals surface area contributed by atoms with E-state index in [1.165, 1.54) is 19.3 Å². The minimum Gasteiger partial charge on any atom is -0.442 e. The molecular weight excluding hydrogens is 256 g/mol. The number of hydrogen-bond acceptors (Lipinski definition) is 4. The monoisotopic (exact) mass is 288 g/mol. The Balaban J connectivity index is 3.54. The lowest BCUT2D eigenvalue weighted by Crippen LogP contribution is -2.36. The van der Waals surface area contributed by atoms with Crippen LogP contribution >= 0.6 is 0 Å². The normalized spacial score (nSPS) is 12.2. The van der Waals surface area contributed by atoms with Gasteiger partial charge in [0.15, 0.2) is 0 Å². The van der Waals surface area contributed by atoms with Gasteiger partial charge in [0.1, 0.15) is 6.10 Å². The molecule has 0 rings (SSSR count). The predicted molar refractivity (Wildman–Crippen MR) is 81.8 cm³/mol. The van der Waals surface area contributed by atoms with Crippen LogP contribution in [0.3, 0.4) is 0 Å². The molecule has 0 bridgehead atoms. The Bertz CT molecular complexity index is 225. The highest BCUT2D eigenvalue weighted by molar-refractivity contribution is 5.67. The average Bonchev–Trinajstić information content (AvgIpc) is 2.46. The van der Waals surface area contributed by atoms with E-state index in [2.05, 4.69) is 19.2 Å². The molecule has 0 aromatic carbocycles. The zero-order valence-corrected chi connectivity index (χ0v) is 13.2. The SMILES string of the molecule is CCCCCCCNC(=O)OC(CN)COCCCC. The topological polar surface area (TPSA) is 73.6 Å². The van der Waals surface area contributed by atoms with E-state index in [1.54, 1.807) is 0 Å². The van der Waals surface area contributed by atoms with Crippen LogP contribution in [-0.2, 0) is 9.47 Å². The molecular formula is C15H32N2O3. The summed E-state index contributed by atoms with van der Waals surface area (Å²) in [6.07, 6.45) is 7.21. The van der Waals surface area contributed by atoms with Gasteiger partial charge in [0.25, 0.3) is 0 Å². The van der Waals surface area contributed by atoms with Gasteiger partial charge in [-0.1, -0.05) is 46.0 Å². The second kappa shape index (κ2) is 14.6. The standard InChI is InChI=1S/C15H32N2O3/c1-3-5-7-8-9-10-17-15(18)20-14(12-16)13-19-11-6-4-2/h14H,3-13,16H2,1-2H3,(H,17,18). The van der Waals surface area contributed by atoms with E-state index in [-0.39, 0.29) is 12.6 Å². The van der Waals surface area contributed by atoms with E-state index >= 15 is 0 Å². The predicted octanol–water partition coefficient (Wildman–Crippen LogP) is 2.83. The van der Waals surface area contributed by atoms with Crippen LogP contribution in [0, 0.1) is 0 Å². The number of alkyl carbamates (subject to hydrolysis) is 1. The van der Waals surface area contributed by atoms with Crippen molar-refractivity contribution >= 4 is 6.09 Å². The molecule has 5 nitrogen and oxygen atoms in total. The number of carbonyl (C=O) groups excluding carboxylic acids is 1. The first-order chi connectivity index (χ1) is 9.74. The van der Waals surface area contributed by atoms with Crippen molar-refractivity contribution in [2.75, 3.05) is 26.3 Å². The molecule has 0 aliphatic carbocycles. The summed E-state index contributed by atoms with van der Waals surface area (Å²) in [5.41, 5.74) is 5.56. The summed E-state index contributed by atoms with van der Waals surface area (Å²) in [6, 6.07) is 0. The second-order valence-electron chi connectivity index (χ2n) is 5.03. The maximum atomic E-state index is 11.5. The summed E-state index contributed by atoms with van der Waals surface area (Å²) in [7, 11) is 0. The van der Waals surface area contributed by atoms with Gasteiger partial charge in [0.05, 0.1) is 6.61 Å². The Morgan fingerprint density at radius 3 is 2.45 bits per heavy atom. The molecule has 1 amide bonds. The smallest absolute Gasteiger partial charge is 0.407 e. The van der Waals surface area contributed by atoms with Crippen LogP contribution in [0.4, 0.5) is 4.79 Å². The molecule has 0 aliphatic heterocycles. The van der Waals surface area contributed by atoms with E-state index in [0.29, 0.717) is 19.8 Å². The minimum atomic E-state index is -0.393. The second-order valence-corrected chi connectivity index (χ2v) is 5.03. The van der Waals surface area contributed by atoms with Gasteiger partial charge in [-0.3, -0.25) is 0 Å². The van der Waals surface area contributed by atoms with Crippen molar-refractivity contribution < 1.29 is 14.3 Å². The van der Waals surface area contributed by atoms with Crippen molar-refractivity contribution in [2.45, 2.75) is 64.9 Å². The van der Waals surface area contributed by atoms with Crippen LogP contribution in [0.5, 0.6) is 0 Å². The first-order valence-electron chi connectivity index (χ1n) is 7.96. The van der Waals surface area contributed by atoms with Crippen molar-refractivity contribution in [3.8, 4) is 0 Å². The van der Waals surface area contributed by atoms with Crippen molar-refractivity contribution in [1.82, 2.24) is 5.32 Å². The summed E-state index contributed by atoms with van der Waals surface area (Å²) < 4.78 is 10.6. The molecule has 120 valence electrons. The summed E-state index contributed by atoms with van der Waals surface area (Å²) in [5.74, 6) is 0. The van der Waals surface area contributed by atoms with Crippen molar-refractivity contribution in [3.05, 3.63) is 0 Å². The number of nitrogens with two attached hydrogens (primary N) is 1. The van der Waals surface area contributed by atoms with Gasteiger partial charge in [0.2, 0.25) is 0 Å². The van der Waals surface area contributed by atoms with Crippen LogP contribution in [0.1, 0.15) is 58.8 Å². The molecule has 0 aromatic heterocycles. The third kappa shape index (κ3) is 12.2. The molecule has 0 aromatic rings. The minimum absolute atomic E-state index is 0.288. The van der Waals surface area contributed by atoms with Gasteiger partial charge in [-0.2, -0.15) is 0 Å². The Labute approximate surface area is 123 Å². The van der Waals surface area contributed by atoms with Crippen LogP contribution < -0.4 is 11.1 Å². The Hall–Kier alpha value is -0.810. The highest BCUT2D eigenvalue weighted by atomic mass is 16.6. The molecule has 0 saturated carbocycles. The zero-order valence-electron chi connectivity index (χ0n) is 13.2. The van der Waals surface area contributed by atoms with Gasteiger partial charge >= 0.3 is 6.09 Å². The van der Waals surface area contributed by atoms with Crippen LogP contribution in [0.25, 0.3) is 0 Å². The fourth-order valence-electron chi connectivity index (χ4n) is 1.72. The fourth-order valence-corrected chi connectivity index (χ4v) is 1.72. The number of hydrogen-bond donors (Lipinski definition) is 2. The lowest BCUT2D eigenvalue weighted by atomic mass is 10.1. The summed E-state index contributed by atoms with van der Waals surface area (Å²) in [4.78, 5) is 11.5. The van der Waals surface area contributed by atoms with E-state index in [9.17, 15) is 4.79 Å². The first kappa shape index (κ1) is 19.2.